The van der Waals surface area contributed by atoms with Crippen LogP contribution < -0.4 is 14.8 Å². The van der Waals surface area contributed by atoms with Gasteiger partial charge in [-0.05, 0) is 30.3 Å². The summed E-state index contributed by atoms with van der Waals surface area (Å²) in [5.41, 5.74) is 0.609. The van der Waals surface area contributed by atoms with Crippen LogP contribution >= 0.6 is 11.6 Å². The van der Waals surface area contributed by atoms with Crippen LogP contribution in [0.2, 0.25) is 5.02 Å². The summed E-state index contributed by atoms with van der Waals surface area (Å²) >= 11 is 5.81. The van der Waals surface area contributed by atoms with Gasteiger partial charge in [0.1, 0.15) is 5.75 Å². The first-order valence-electron chi connectivity index (χ1n) is 7.27. The summed E-state index contributed by atoms with van der Waals surface area (Å²) in [6, 6.07) is 13.1. The number of nitrogens with one attached hydrogen (secondary N) is 2. The lowest BCUT2D eigenvalue weighted by Crippen LogP contribution is -2.39. The Kier molecular flexibility index (Phi) is 4.75. The molecule has 8 heteroatoms. The molecule has 0 aliphatic carbocycles. The van der Waals surface area contributed by atoms with E-state index >= 15 is 0 Å². The molecule has 126 valence electrons. The molecule has 1 amide bonds. The Labute approximate surface area is 144 Å². The number of sulfonamides is 1. The normalized spacial score (nSPS) is 16.9. The monoisotopic (exact) mass is 366 g/mol. The zero-order chi connectivity index (χ0) is 17.2. The van der Waals surface area contributed by atoms with E-state index in [0.29, 0.717) is 16.5 Å². The van der Waals surface area contributed by atoms with E-state index in [1.165, 1.54) is 12.1 Å². The third kappa shape index (κ3) is 3.69. The van der Waals surface area contributed by atoms with Crippen molar-refractivity contribution in [1.82, 2.24) is 4.72 Å². The largest absolute Gasteiger partial charge is 0.478 e. The lowest BCUT2D eigenvalue weighted by atomic mass is 10.2. The number of hydrogen-bond donors (Lipinski definition) is 2. The molecule has 1 atom stereocenters. The molecule has 1 aliphatic heterocycles. The molecule has 2 aromatic carbocycles. The fraction of sp³-hybridized carbons (Fsp3) is 0.188. The Bertz CT molecular complexity index is 870. The van der Waals surface area contributed by atoms with Crippen LogP contribution in [0.25, 0.3) is 0 Å². The van der Waals surface area contributed by atoms with Crippen LogP contribution in [0.1, 0.15) is 6.42 Å². The number of hydrogen-bond acceptors (Lipinski definition) is 4. The molecule has 2 N–H and O–H groups in total. The third-order valence-electron chi connectivity index (χ3n) is 3.51. The van der Waals surface area contributed by atoms with Gasteiger partial charge in [-0.1, -0.05) is 29.8 Å². The molecule has 0 radical (unpaired) electrons. The summed E-state index contributed by atoms with van der Waals surface area (Å²) in [5, 5.41) is 3.08. The lowest BCUT2D eigenvalue weighted by Gasteiger charge is -2.25. The Hall–Kier alpha value is -2.09. The van der Waals surface area contributed by atoms with Crippen molar-refractivity contribution in [2.45, 2.75) is 17.4 Å². The molecule has 0 spiro atoms. The second-order valence-corrected chi connectivity index (χ2v) is 7.44. The SMILES string of the molecule is O=C1Nc2ccccc2OC1CCNS(=O)(=O)c1cccc(Cl)c1. The second-order valence-electron chi connectivity index (χ2n) is 5.24. The minimum Gasteiger partial charge on any atom is -0.478 e. The highest BCUT2D eigenvalue weighted by Gasteiger charge is 2.27. The number of para-hydroxylation sites is 2. The smallest absolute Gasteiger partial charge is 0.265 e. The number of rotatable bonds is 5. The highest BCUT2D eigenvalue weighted by Crippen LogP contribution is 2.29. The highest BCUT2D eigenvalue weighted by atomic mass is 35.5. The van der Waals surface area contributed by atoms with Crippen LogP contribution in [0.15, 0.2) is 53.4 Å². The van der Waals surface area contributed by atoms with E-state index in [1.54, 1.807) is 36.4 Å². The molecular formula is C16H15ClN2O4S. The molecule has 2 aromatic rings. The Morgan fingerprint density at radius 3 is 2.75 bits per heavy atom. The molecule has 0 bridgehead atoms. The topological polar surface area (TPSA) is 84.5 Å². The third-order valence-corrected chi connectivity index (χ3v) is 5.21. The minimum atomic E-state index is -3.68. The Balaban J connectivity index is 1.61. The van der Waals surface area contributed by atoms with Gasteiger partial charge in [0.15, 0.2) is 6.10 Å². The lowest BCUT2D eigenvalue weighted by molar-refractivity contribution is -0.123. The van der Waals surface area contributed by atoms with Gasteiger partial charge in [-0.25, -0.2) is 13.1 Å². The van der Waals surface area contributed by atoms with E-state index in [1.807, 2.05) is 0 Å². The van der Waals surface area contributed by atoms with E-state index in [-0.39, 0.29) is 23.8 Å². The summed E-state index contributed by atoms with van der Waals surface area (Å²) in [6.45, 7) is 0.0646. The Morgan fingerprint density at radius 1 is 1.17 bits per heavy atom. The van der Waals surface area contributed by atoms with Crippen molar-refractivity contribution in [1.29, 1.82) is 0 Å². The molecule has 1 aliphatic rings. The zero-order valence-corrected chi connectivity index (χ0v) is 14.1. The predicted octanol–water partition coefficient (Wildman–Crippen LogP) is 2.41. The fourth-order valence-electron chi connectivity index (χ4n) is 2.32. The first kappa shape index (κ1) is 16.8. The minimum absolute atomic E-state index is 0.0646. The standard InChI is InChI=1S/C16H15ClN2O4S/c17-11-4-3-5-12(10-11)24(21,22)18-9-8-15-16(20)19-13-6-1-2-7-14(13)23-15/h1-7,10,15,18H,8-9H2,(H,19,20). The number of amides is 1. The van der Waals surface area contributed by atoms with Crippen LogP contribution in [-0.4, -0.2) is 27.0 Å². The fourth-order valence-corrected chi connectivity index (χ4v) is 3.67. The molecule has 1 heterocycles. The van der Waals surface area contributed by atoms with Crippen molar-refractivity contribution >= 4 is 33.2 Å². The first-order chi connectivity index (χ1) is 11.5. The molecule has 0 saturated carbocycles. The van der Waals surface area contributed by atoms with Gasteiger partial charge in [0, 0.05) is 18.0 Å². The van der Waals surface area contributed by atoms with E-state index in [4.69, 9.17) is 16.3 Å². The van der Waals surface area contributed by atoms with E-state index in [2.05, 4.69) is 10.0 Å². The van der Waals surface area contributed by atoms with Crippen molar-refractivity contribution in [2.24, 2.45) is 0 Å². The van der Waals surface area contributed by atoms with Gasteiger partial charge >= 0.3 is 0 Å². The Morgan fingerprint density at radius 2 is 1.96 bits per heavy atom. The van der Waals surface area contributed by atoms with Gasteiger partial charge in [-0.3, -0.25) is 4.79 Å². The summed E-state index contributed by atoms with van der Waals surface area (Å²) in [6.07, 6.45) is -0.540. The van der Waals surface area contributed by atoms with Gasteiger partial charge in [-0.15, -0.1) is 0 Å². The van der Waals surface area contributed by atoms with E-state index in [0.717, 1.165) is 0 Å². The summed E-state index contributed by atoms with van der Waals surface area (Å²) < 4.78 is 32.5. The number of fused-ring (bicyclic) bond motifs is 1. The molecule has 0 saturated heterocycles. The van der Waals surface area contributed by atoms with Crippen molar-refractivity contribution in [3.63, 3.8) is 0 Å². The van der Waals surface area contributed by atoms with Crippen molar-refractivity contribution in [2.75, 3.05) is 11.9 Å². The zero-order valence-electron chi connectivity index (χ0n) is 12.5. The maximum absolute atomic E-state index is 12.2. The molecule has 0 aromatic heterocycles. The first-order valence-corrected chi connectivity index (χ1v) is 9.13. The number of halogens is 1. The maximum Gasteiger partial charge on any atom is 0.265 e. The number of ether oxygens (including phenoxy) is 1. The van der Waals surface area contributed by atoms with E-state index in [9.17, 15) is 13.2 Å². The average molecular weight is 367 g/mol. The number of anilines is 1. The van der Waals surface area contributed by atoms with Gasteiger partial charge < -0.3 is 10.1 Å². The molecule has 24 heavy (non-hydrogen) atoms. The summed E-state index contributed by atoms with van der Waals surface area (Å²) in [7, 11) is -3.68. The molecule has 6 nitrogen and oxygen atoms in total. The van der Waals surface area contributed by atoms with Gasteiger partial charge in [0.05, 0.1) is 10.6 Å². The molecule has 3 rings (SSSR count). The van der Waals surface area contributed by atoms with Crippen molar-refractivity contribution in [3.8, 4) is 5.75 Å². The molecular weight excluding hydrogens is 352 g/mol. The van der Waals surface area contributed by atoms with Gasteiger partial charge in [0.25, 0.3) is 5.91 Å². The average Bonchev–Trinajstić information content (AvgIpc) is 2.55. The van der Waals surface area contributed by atoms with Crippen molar-refractivity contribution in [3.05, 3.63) is 53.6 Å². The van der Waals surface area contributed by atoms with E-state index < -0.39 is 16.1 Å². The highest BCUT2D eigenvalue weighted by molar-refractivity contribution is 7.89. The van der Waals surface area contributed by atoms with Crippen LogP contribution in [0, 0.1) is 0 Å². The van der Waals surface area contributed by atoms with Gasteiger partial charge in [0.2, 0.25) is 10.0 Å². The summed E-state index contributed by atoms with van der Waals surface area (Å²) in [4.78, 5) is 12.1. The van der Waals surface area contributed by atoms with Crippen LogP contribution in [0.5, 0.6) is 5.75 Å². The number of carbonyl (C=O) groups is 1. The van der Waals surface area contributed by atoms with Crippen LogP contribution in [0.3, 0.4) is 0 Å². The summed E-state index contributed by atoms with van der Waals surface area (Å²) in [5.74, 6) is 0.274. The quantitative estimate of drug-likeness (QED) is 0.851. The molecule has 0 fully saturated rings. The van der Waals surface area contributed by atoms with Crippen LogP contribution in [0.4, 0.5) is 5.69 Å². The molecule has 1 unspecified atom stereocenters. The van der Waals surface area contributed by atoms with Crippen LogP contribution in [-0.2, 0) is 14.8 Å². The maximum atomic E-state index is 12.2. The number of carbonyl (C=O) groups excluding carboxylic acids is 1. The number of benzene rings is 2. The van der Waals surface area contributed by atoms with Gasteiger partial charge in [-0.2, -0.15) is 0 Å². The second kappa shape index (κ2) is 6.80. The van der Waals surface area contributed by atoms with Crippen molar-refractivity contribution < 1.29 is 17.9 Å². The predicted molar refractivity (Wildman–Crippen MR) is 90.7 cm³/mol.